The highest BCUT2D eigenvalue weighted by Gasteiger charge is 2.53. The number of rotatable bonds is 8. The van der Waals surface area contributed by atoms with Gasteiger partial charge in [0.15, 0.2) is 11.5 Å². The molecular formula is C23H33N3O4. The van der Waals surface area contributed by atoms with Gasteiger partial charge in [-0.15, -0.1) is 0 Å². The van der Waals surface area contributed by atoms with Gasteiger partial charge < -0.3 is 23.9 Å². The third-order valence-electron chi connectivity index (χ3n) is 6.67. The van der Waals surface area contributed by atoms with E-state index in [0.717, 1.165) is 49.8 Å². The van der Waals surface area contributed by atoms with Gasteiger partial charge in [-0.25, -0.2) is 4.98 Å². The second-order valence-corrected chi connectivity index (χ2v) is 8.53. The lowest BCUT2D eigenvalue weighted by molar-refractivity contribution is -0.155. The van der Waals surface area contributed by atoms with Crippen molar-refractivity contribution in [1.82, 2.24) is 14.5 Å². The first kappa shape index (κ1) is 21.2. The number of piperidine rings is 1. The summed E-state index contributed by atoms with van der Waals surface area (Å²) < 4.78 is 18.3. The predicted molar refractivity (Wildman–Crippen MR) is 114 cm³/mol. The number of nitrogens with zero attached hydrogens (tertiary/aromatic N) is 3. The highest BCUT2D eigenvalue weighted by molar-refractivity contribution is 5.43. The zero-order chi connectivity index (χ0) is 21.1. The van der Waals surface area contributed by atoms with E-state index >= 15 is 0 Å². The fourth-order valence-electron chi connectivity index (χ4n) is 5.21. The van der Waals surface area contributed by atoms with Crippen molar-refractivity contribution in [2.75, 3.05) is 40.5 Å². The smallest absolute Gasteiger partial charge is 0.161 e. The Balaban J connectivity index is 1.48. The molecule has 1 aromatic carbocycles. The molecule has 1 aromatic heterocycles. The minimum absolute atomic E-state index is 0.199. The van der Waals surface area contributed by atoms with E-state index in [1.807, 2.05) is 23.9 Å². The van der Waals surface area contributed by atoms with Gasteiger partial charge in [0.05, 0.1) is 13.7 Å². The van der Waals surface area contributed by atoms with Gasteiger partial charge >= 0.3 is 0 Å². The molecule has 0 spiro atoms. The van der Waals surface area contributed by atoms with Crippen molar-refractivity contribution >= 4 is 0 Å². The molecule has 164 valence electrons. The Bertz CT molecular complexity index is 839. The fourth-order valence-corrected chi connectivity index (χ4v) is 5.21. The molecule has 1 N–H and O–H groups in total. The number of aryl methyl sites for hydroxylation is 1. The summed E-state index contributed by atoms with van der Waals surface area (Å²) >= 11 is 0. The number of likely N-dealkylation sites (tertiary alicyclic amines) is 1. The molecule has 4 rings (SSSR count). The quantitative estimate of drug-likeness (QED) is 0.669. The lowest BCUT2D eigenvalue weighted by Crippen LogP contribution is -2.58. The van der Waals surface area contributed by atoms with Crippen molar-refractivity contribution in [3.8, 4) is 11.5 Å². The maximum Gasteiger partial charge on any atom is 0.161 e. The van der Waals surface area contributed by atoms with Gasteiger partial charge in [0.1, 0.15) is 18.0 Å². The number of fused-ring (bicyclic) bond motifs is 2. The number of imidazole rings is 1. The van der Waals surface area contributed by atoms with Gasteiger partial charge in [-0.1, -0.05) is 12.5 Å². The third-order valence-corrected chi connectivity index (χ3v) is 6.67. The maximum absolute atomic E-state index is 11.7. The van der Waals surface area contributed by atoms with Crippen LogP contribution in [0.1, 0.15) is 30.7 Å². The molecule has 0 radical (unpaired) electrons. The Morgan fingerprint density at radius 2 is 1.90 bits per heavy atom. The van der Waals surface area contributed by atoms with E-state index in [1.54, 1.807) is 20.4 Å². The normalized spacial score (nSPS) is 26.5. The Labute approximate surface area is 178 Å². The van der Waals surface area contributed by atoms with Crippen LogP contribution in [0.25, 0.3) is 0 Å². The van der Waals surface area contributed by atoms with E-state index in [-0.39, 0.29) is 11.8 Å². The monoisotopic (exact) mass is 415 g/mol. The fraction of sp³-hybridized carbons (Fsp3) is 0.609. The van der Waals surface area contributed by atoms with Gasteiger partial charge in [-0.2, -0.15) is 0 Å². The van der Waals surface area contributed by atoms with E-state index in [4.69, 9.17) is 14.2 Å². The summed E-state index contributed by atoms with van der Waals surface area (Å²) in [5.41, 5.74) is 0.357. The van der Waals surface area contributed by atoms with Gasteiger partial charge in [-0.05, 0) is 30.5 Å². The second-order valence-electron chi connectivity index (χ2n) is 8.53. The van der Waals surface area contributed by atoms with Crippen LogP contribution in [0.2, 0.25) is 0 Å². The molecule has 2 aliphatic rings. The second kappa shape index (κ2) is 8.96. The average molecular weight is 416 g/mol. The summed E-state index contributed by atoms with van der Waals surface area (Å²) in [6.45, 7) is 3.61. The minimum Gasteiger partial charge on any atom is -0.493 e. The lowest BCUT2D eigenvalue weighted by atomic mass is 9.65. The van der Waals surface area contributed by atoms with Crippen LogP contribution in [-0.4, -0.2) is 60.1 Å². The summed E-state index contributed by atoms with van der Waals surface area (Å²) in [5, 5.41) is 11.7. The first-order valence-electron chi connectivity index (χ1n) is 10.8. The topological polar surface area (TPSA) is 69.0 Å². The van der Waals surface area contributed by atoms with Crippen molar-refractivity contribution in [3.05, 3.63) is 42.0 Å². The first-order chi connectivity index (χ1) is 14.6. The number of benzene rings is 1. The third kappa shape index (κ3) is 3.94. The summed E-state index contributed by atoms with van der Waals surface area (Å²) in [5.74, 6) is 2.69. The number of hydrogen-bond donors (Lipinski definition) is 1. The molecule has 2 aromatic rings. The van der Waals surface area contributed by atoms with Gasteiger partial charge in [-0.3, -0.25) is 4.90 Å². The summed E-state index contributed by atoms with van der Waals surface area (Å²) in [6.07, 6.45) is 6.96. The highest BCUT2D eigenvalue weighted by Crippen LogP contribution is 2.48. The molecule has 1 saturated heterocycles. The molecular weight excluding hydrogens is 382 g/mol. The van der Waals surface area contributed by atoms with Gasteiger partial charge in [0, 0.05) is 58.0 Å². The van der Waals surface area contributed by atoms with Gasteiger partial charge in [0.25, 0.3) is 0 Å². The molecule has 0 amide bonds. The number of aromatic nitrogens is 2. The lowest BCUT2D eigenvalue weighted by Gasteiger charge is -2.52. The van der Waals surface area contributed by atoms with Crippen LogP contribution in [-0.2, 0) is 23.9 Å². The summed E-state index contributed by atoms with van der Waals surface area (Å²) in [7, 11) is 5.30. The number of aliphatic hydroxyl groups is 1. The van der Waals surface area contributed by atoms with E-state index in [0.29, 0.717) is 13.2 Å². The van der Waals surface area contributed by atoms with Crippen LogP contribution in [0, 0.1) is 11.8 Å². The Kier molecular flexibility index (Phi) is 6.32. The number of methoxy groups -OCH3 is 2. The van der Waals surface area contributed by atoms with E-state index in [1.165, 1.54) is 12.0 Å². The van der Waals surface area contributed by atoms with E-state index < -0.39 is 5.60 Å². The van der Waals surface area contributed by atoms with Crippen molar-refractivity contribution in [3.63, 3.8) is 0 Å². The van der Waals surface area contributed by atoms with Crippen molar-refractivity contribution in [2.24, 2.45) is 18.9 Å². The molecule has 7 nitrogen and oxygen atoms in total. The van der Waals surface area contributed by atoms with Crippen molar-refractivity contribution in [1.29, 1.82) is 0 Å². The minimum atomic E-state index is -0.830. The largest absolute Gasteiger partial charge is 0.493 e. The van der Waals surface area contributed by atoms with Crippen LogP contribution < -0.4 is 9.47 Å². The molecule has 2 heterocycles. The average Bonchev–Trinajstić information content (AvgIpc) is 3.16. The summed E-state index contributed by atoms with van der Waals surface area (Å²) in [4.78, 5) is 6.99. The number of hydrogen-bond acceptors (Lipinski definition) is 6. The maximum atomic E-state index is 11.7. The van der Waals surface area contributed by atoms with Crippen molar-refractivity contribution in [2.45, 2.75) is 31.4 Å². The Morgan fingerprint density at radius 3 is 2.53 bits per heavy atom. The van der Waals surface area contributed by atoms with E-state index in [9.17, 15) is 5.11 Å². The summed E-state index contributed by atoms with van der Waals surface area (Å²) in [6, 6.07) is 6.12. The van der Waals surface area contributed by atoms with Crippen LogP contribution in [0.15, 0.2) is 30.6 Å². The van der Waals surface area contributed by atoms with Crippen LogP contribution in [0.3, 0.4) is 0 Å². The standard InChI is InChI=1S/C23H33N3O4/c1-25-10-9-24-22(25)23(27)18-5-4-6-19(23)16-26(15-18)14-17-7-8-20(21(13-17)29-3)30-12-11-28-2/h7-10,13,18-19,27H,4-6,11-12,14-16H2,1-3H3/t18-,19+,23?. The van der Waals surface area contributed by atoms with Crippen LogP contribution in [0.4, 0.5) is 0 Å². The SMILES string of the molecule is COCCOc1ccc(CN2C[C@H]3CCC[C@@H](C2)C3(O)c2nccn2C)cc1OC. The number of ether oxygens (including phenoxy) is 3. The molecule has 30 heavy (non-hydrogen) atoms. The van der Waals surface area contributed by atoms with Crippen molar-refractivity contribution < 1.29 is 19.3 Å². The molecule has 2 fully saturated rings. The molecule has 3 atom stereocenters. The van der Waals surface area contributed by atoms with Crippen LogP contribution >= 0.6 is 0 Å². The molecule has 1 saturated carbocycles. The zero-order valence-corrected chi connectivity index (χ0v) is 18.2. The molecule has 1 aliphatic carbocycles. The van der Waals surface area contributed by atoms with Crippen LogP contribution in [0.5, 0.6) is 11.5 Å². The molecule has 1 aliphatic heterocycles. The predicted octanol–water partition coefficient (Wildman–Crippen LogP) is 2.57. The molecule has 1 unspecified atom stereocenters. The Hall–Kier alpha value is -2.09. The van der Waals surface area contributed by atoms with E-state index in [2.05, 4.69) is 22.0 Å². The van der Waals surface area contributed by atoms with Gasteiger partial charge in [0.2, 0.25) is 0 Å². The molecule has 2 bridgehead atoms. The highest BCUT2D eigenvalue weighted by atomic mass is 16.5. The molecule has 7 heteroatoms. The first-order valence-corrected chi connectivity index (χ1v) is 10.8. The Morgan fingerprint density at radius 1 is 1.13 bits per heavy atom. The zero-order valence-electron chi connectivity index (χ0n) is 18.2.